The van der Waals surface area contributed by atoms with Crippen LogP contribution in [0.25, 0.3) is 0 Å². The van der Waals surface area contributed by atoms with E-state index in [1.165, 1.54) is 39.6 Å². The lowest BCUT2D eigenvalue weighted by Gasteiger charge is -2.20. The number of benzene rings is 4. The third kappa shape index (κ3) is 9.91. The molecule has 0 aliphatic heterocycles. The summed E-state index contributed by atoms with van der Waals surface area (Å²) in [6.07, 6.45) is 3.08. The fourth-order valence-corrected chi connectivity index (χ4v) is 6.07. The van der Waals surface area contributed by atoms with Crippen LogP contribution in [0.3, 0.4) is 0 Å². The van der Waals surface area contributed by atoms with E-state index >= 15 is 0 Å². The van der Waals surface area contributed by atoms with Gasteiger partial charge in [0, 0.05) is 56.2 Å². The van der Waals surface area contributed by atoms with Gasteiger partial charge < -0.3 is 17.9 Å². The van der Waals surface area contributed by atoms with Crippen LogP contribution in [0.5, 0.6) is 11.5 Å². The van der Waals surface area contributed by atoms with Crippen molar-refractivity contribution in [1.82, 2.24) is 0 Å². The smallest absolute Gasteiger partial charge is 0.346 e. The summed E-state index contributed by atoms with van der Waals surface area (Å²) in [5.41, 5.74) is 3.76. The third-order valence-corrected chi connectivity index (χ3v) is 9.09. The van der Waals surface area contributed by atoms with Crippen molar-refractivity contribution in [2.24, 2.45) is 3.15 Å². The molecule has 4 aromatic carbocycles. The van der Waals surface area contributed by atoms with Gasteiger partial charge in [-0.25, -0.2) is 24.3 Å². The fourth-order valence-electron chi connectivity index (χ4n) is 4.10. The van der Waals surface area contributed by atoms with Gasteiger partial charge in [-0.3, -0.25) is 15.5 Å². The zero-order valence-electron chi connectivity index (χ0n) is 26.0. The third-order valence-electron chi connectivity index (χ3n) is 6.67. The molecular weight excluding hydrogens is 859 g/mol. The number of unbranched alkanes of at least 4 members (excludes halogenated alkanes) is 2. The minimum Gasteiger partial charge on any atom is -0.491 e. The molecule has 0 spiro atoms. The van der Waals surface area contributed by atoms with E-state index in [1.807, 2.05) is 37.2 Å². The Morgan fingerprint density at radius 2 is 1.65 bits per heavy atom. The summed E-state index contributed by atoms with van der Waals surface area (Å²) in [5, 5.41) is 10.9. The molecule has 0 aromatic heterocycles. The summed E-state index contributed by atoms with van der Waals surface area (Å²) in [6.45, 7) is 2.71. The highest BCUT2D eigenvalue weighted by Crippen LogP contribution is 2.33. The molecule has 11 nitrogen and oxygen atoms in total. The molecule has 4 rings (SSSR count). The Balaban J connectivity index is 1.40. The fraction of sp³-hybridized carbons (Fsp3) is 0.219. The number of carbonyl (C=O) groups excluding carboxylic acids is 1. The summed E-state index contributed by atoms with van der Waals surface area (Å²) in [5.74, 6) is -4.05. The van der Waals surface area contributed by atoms with Crippen LogP contribution in [0.4, 0.5) is 47.3 Å². The molecule has 0 heterocycles. The molecule has 254 valence electrons. The van der Waals surface area contributed by atoms with E-state index in [2.05, 4.69) is 19.0 Å². The number of anilines is 4. The van der Waals surface area contributed by atoms with Gasteiger partial charge in [0.1, 0.15) is 44.3 Å². The highest BCUT2D eigenvalue weighted by Gasteiger charge is 2.19. The summed E-state index contributed by atoms with van der Waals surface area (Å²) < 4.78 is 64.7. The first-order chi connectivity index (χ1) is 23.0. The Morgan fingerprint density at radius 3 is 2.27 bits per heavy atom. The maximum Gasteiger partial charge on any atom is 0.346 e. The van der Waals surface area contributed by atoms with Gasteiger partial charge in [0.2, 0.25) is 0 Å². The molecule has 16 heteroatoms. The number of nitro groups is 1. The van der Waals surface area contributed by atoms with E-state index in [1.54, 1.807) is 22.9 Å². The topological polar surface area (TPSA) is 122 Å². The van der Waals surface area contributed by atoms with Crippen LogP contribution < -0.4 is 26.6 Å². The number of nitro benzene ring substituents is 1. The van der Waals surface area contributed by atoms with E-state index in [0.29, 0.717) is 23.7 Å². The Kier molecular flexibility index (Phi) is 13.2. The Labute approximate surface area is 299 Å². The lowest BCUT2D eigenvalue weighted by molar-refractivity contribution is -0.384. The second-order valence-electron chi connectivity index (χ2n) is 10.4. The van der Waals surface area contributed by atoms with E-state index < -0.39 is 66.7 Å². The molecule has 0 saturated carbocycles. The van der Waals surface area contributed by atoms with Gasteiger partial charge in [-0.05, 0) is 42.8 Å². The van der Waals surface area contributed by atoms with Crippen molar-refractivity contribution in [3.05, 3.63) is 106 Å². The van der Waals surface area contributed by atoms with Gasteiger partial charge in [0.05, 0.1) is 57.0 Å². The van der Waals surface area contributed by atoms with Gasteiger partial charge in [-0.2, -0.15) is 0 Å². The standard InChI is InChI=1S/C32H31F3I2N6O5/c1-4-5-6-15-47-30-17-23(41(2)3)12-14-29(30)39-37-38-20-7-13-25(26(33)16-20)32(44)48-24-18-27(34)31(28(35)19-24)40-42(36)21-8-10-22(11-9-21)43(45)46/h7-14,16-19,40H,4-6,15H2,1-3H3,(H,38,39). The number of hydrazine groups is 1. The maximum absolute atomic E-state index is 14.9. The predicted molar refractivity (Wildman–Crippen MR) is 196 cm³/mol. The first-order valence-corrected chi connectivity index (χ1v) is 17.5. The summed E-state index contributed by atoms with van der Waals surface area (Å²) in [4.78, 5) is 25.0. The number of nitrogens with one attached hydrogen (secondary N) is 2. The van der Waals surface area contributed by atoms with Crippen molar-refractivity contribution < 1.29 is 32.4 Å². The second-order valence-corrected chi connectivity index (χ2v) is 12.8. The first kappa shape index (κ1) is 36.6. The monoisotopic (exact) mass is 890 g/mol. The number of hydrogen-bond donors (Lipinski definition) is 2. The number of carbonyl (C=O) groups is 1. The molecule has 0 aliphatic carbocycles. The lowest BCUT2D eigenvalue weighted by atomic mass is 10.2. The number of hydrogen-bond acceptors (Lipinski definition) is 9. The molecule has 0 unspecified atom stereocenters. The van der Waals surface area contributed by atoms with Crippen LogP contribution in [-0.4, -0.2) is 31.6 Å². The van der Waals surface area contributed by atoms with Crippen LogP contribution in [0.2, 0.25) is 0 Å². The second kappa shape index (κ2) is 17.3. The average Bonchev–Trinajstić information content (AvgIpc) is 3.05. The molecule has 0 bridgehead atoms. The Hall–Kier alpha value is -4.20. The van der Waals surface area contributed by atoms with Crippen LogP contribution in [-0.2, 0) is 0 Å². The van der Waals surface area contributed by atoms with Crippen molar-refractivity contribution in [2.75, 3.05) is 37.8 Å². The molecule has 2 N–H and O–H groups in total. The normalized spacial score (nSPS) is 11.1. The molecule has 0 aliphatic rings. The van der Waals surface area contributed by atoms with Crippen molar-refractivity contribution in [1.29, 1.82) is 0 Å². The van der Waals surface area contributed by atoms with Crippen LogP contribution in [0.15, 0.2) is 75.9 Å². The molecule has 0 fully saturated rings. The first-order valence-electron chi connectivity index (χ1n) is 14.5. The summed E-state index contributed by atoms with van der Waals surface area (Å²) in [6, 6.07) is 16.3. The van der Waals surface area contributed by atoms with Crippen molar-refractivity contribution in [2.45, 2.75) is 26.2 Å². The number of rotatable bonds is 15. The lowest BCUT2D eigenvalue weighted by Crippen LogP contribution is -2.20. The zero-order chi connectivity index (χ0) is 34.8. The summed E-state index contributed by atoms with van der Waals surface area (Å²) in [7, 11) is 3.88. The molecule has 0 radical (unpaired) electrons. The van der Waals surface area contributed by atoms with E-state index in [4.69, 9.17) is 9.47 Å². The quantitative estimate of drug-likeness (QED) is 0.0229. The number of ether oxygens (including phenoxy) is 2. The van der Waals surface area contributed by atoms with Crippen molar-refractivity contribution in [3.8, 4) is 11.5 Å². The minimum absolute atomic E-state index is 0.148. The number of nitrogens with zero attached hydrogens (tertiary/aromatic N) is 4. The zero-order valence-corrected chi connectivity index (χ0v) is 30.3. The SMILES string of the molecule is CCCCCOc1cc(N(C)C)ccc1NI=Nc1ccc(C(=O)Oc2cc(F)c(NN(I)c3ccc([N+](=O)[O-])cc3)c(F)c2)c(F)c1. The van der Waals surface area contributed by atoms with Crippen molar-refractivity contribution >= 4 is 84.3 Å². The number of non-ortho nitro benzene ring substituents is 1. The van der Waals surface area contributed by atoms with Crippen LogP contribution >= 0.6 is 44.2 Å². The summed E-state index contributed by atoms with van der Waals surface area (Å²) >= 11 is 0.678. The van der Waals surface area contributed by atoms with Crippen molar-refractivity contribution in [3.63, 3.8) is 0 Å². The number of esters is 1. The molecule has 0 amide bonds. The molecule has 48 heavy (non-hydrogen) atoms. The Morgan fingerprint density at radius 1 is 0.958 bits per heavy atom. The van der Waals surface area contributed by atoms with E-state index in [-0.39, 0.29) is 5.69 Å². The van der Waals surface area contributed by atoms with Crippen LogP contribution in [0.1, 0.15) is 36.5 Å². The maximum atomic E-state index is 14.9. The Bertz CT molecular complexity index is 1770. The van der Waals surface area contributed by atoms with Gasteiger partial charge in [0.15, 0.2) is 11.6 Å². The van der Waals surface area contributed by atoms with Gasteiger partial charge >= 0.3 is 5.97 Å². The molecule has 0 atom stereocenters. The van der Waals surface area contributed by atoms with E-state index in [0.717, 1.165) is 48.8 Å². The van der Waals surface area contributed by atoms with Gasteiger partial charge in [0.25, 0.3) is 5.69 Å². The molecular formula is C32H31F3I2N6O5. The average molecular weight is 890 g/mol. The highest BCUT2D eigenvalue weighted by molar-refractivity contribution is 14.2. The van der Waals surface area contributed by atoms with E-state index in [9.17, 15) is 28.1 Å². The minimum atomic E-state index is -1.15. The van der Waals surface area contributed by atoms with Gasteiger partial charge in [-0.15, -0.1) is 0 Å². The highest BCUT2D eigenvalue weighted by atomic mass is 127. The van der Waals surface area contributed by atoms with Crippen LogP contribution in [0, 0.1) is 27.6 Å². The molecule has 4 aromatic rings. The predicted octanol–water partition coefficient (Wildman–Crippen LogP) is 9.86. The largest absolute Gasteiger partial charge is 0.491 e. The number of halogens is 5. The molecule has 0 saturated heterocycles. The van der Waals surface area contributed by atoms with Gasteiger partial charge in [-0.1, -0.05) is 19.8 Å².